The summed E-state index contributed by atoms with van der Waals surface area (Å²) in [5, 5.41) is 30.8. The van der Waals surface area contributed by atoms with Crippen LogP contribution >= 0.6 is 0 Å². The van der Waals surface area contributed by atoms with Gasteiger partial charge in [-0.3, -0.25) is 9.78 Å². The van der Waals surface area contributed by atoms with E-state index in [1.54, 1.807) is 0 Å². The summed E-state index contributed by atoms with van der Waals surface area (Å²) in [4.78, 5) is 14.5. The van der Waals surface area contributed by atoms with Crippen LogP contribution in [0.5, 0.6) is 0 Å². The van der Waals surface area contributed by atoms with Crippen molar-refractivity contribution in [2.75, 3.05) is 6.54 Å². The Hall–Kier alpha value is -1.97. The molecule has 0 aliphatic carbocycles. The van der Waals surface area contributed by atoms with Crippen molar-refractivity contribution in [1.29, 1.82) is 5.26 Å². The molecule has 0 aliphatic heterocycles. The molecule has 1 aromatic rings. The Labute approximate surface area is 105 Å². The summed E-state index contributed by atoms with van der Waals surface area (Å²) in [5.74, 6) is -0.190. The minimum Gasteiger partial charge on any atom is -0.390 e. The summed E-state index contributed by atoms with van der Waals surface area (Å²) in [7, 11) is 0. The molecule has 3 N–H and O–H groups in total. The molecule has 18 heavy (non-hydrogen) atoms. The second kappa shape index (κ2) is 6.69. The predicted molar refractivity (Wildman–Crippen MR) is 63.2 cm³/mol. The zero-order valence-electron chi connectivity index (χ0n) is 10.00. The number of rotatable bonds is 5. The summed E-state index contributed by atoms with van der Waals surface area (Å²) in [6, 6.07) is 3.38. The number of aliphatic hydroxyl groups excluding tert-OH is 2. The van der Waals surface area contributed by atoms with Crippen LogP contribution in [0.1, 0.15) is 30.6 Å². The Morgan fingerprint density at radius 2 is 2.28 bits per heavy atom. The molecule has 0 bridgehead atoms. The lowest BCUT2D eigenvalue weighted by atomic mass is 10.0. The molecule has 1 rings (SSSR count). The molecule has 0 radical (unpaired) electrons. The number of nitriles is 1. The van der Waals surface area contributed by atoms with Gasteiger partial charge in [0, 0.05) is 31.4 Å². The van der Waals surface area contributed by atoms with E-state index in [0.717, 1.165) is 0 Å². The SMILES string of the molecule is CC(=O)NCCC(O)C(O)c1cncc(C#N)c1. The summed E-state index contributed by atoms with van der Waals surface area (Å²) < 4.78 is 0. The zero-order chi connectivity index (χ0) is 13.5. The van der Waals surface area contributed by atoms with Crippen LogP contribution in [0.2, 0.25) is 0 Å². The lowest BCUT2D eigenvalue weighted by molar-refractivity contribution is -0.119. The number of aromatic nitrogens is 1. The van der Waals surface area contributed by atoms with Gasteiger partial charge in [-0.05, 0) is 12.5 Å². The van der Waals surface area contributed by atoms with Crippen LogP contribution in [-0.4, -0.2) is 33.8 Å². The van der Waals surface area contributed by atoms with Crippen molar-refractivity contribution in [3.8, 4) is 6.07 Å². The van der Waals surface area contributed by atoms with Crippen LogP contribution in [0.25, 0.3) is 0 Å². The second-order valence-electron chi connectivity index (χ2n) is 3.90. The molecule has 0 spiro atoms. The summed E-state index contributed by atoms with van der Waals surface area (Å²) >= 11 is 0. The van der Waals surface area contributed by atoms with E-state index in [2.05, 4.69) is 10.3 Å². The predicted octanol–water partition coefficient (Wildman–Crippen LogP) is -0.126. The maximum Gasteiger partial charge on any atom is 0.216 e. The second-order valence-corrected chi connectivity index (χ2v) is 3.90. The maximum absolute atomic E-state index is 10.6. The molecule has 0 fully saturated rings. The summed E-state index contributed by atoms with van der Waals surface area (Å²) in [6.45, 7) is 1.65. The number of amides is 1. The van der Waals surface area contributed by atoms with Crippen molar-refractivity contribution < 1.29 is 15.0 Å². The minimum atomic E-state index is -1.13. The van der Waals surface area contributed by atoms with Crippen LogP contribution in [0, 0.1) is 11.3 Å². The van der Waals surface area contributed by atoms with Crippen LogP contribution in [-0.2, 0) is 4.79 Å². The van der Waals surface area contributed by atoms with Gasteiger partial charge in [0.25, 0.3) is 0 Å². The lowest BCUT2D eigenvalue weighted by Crippen LogP contribution is -2.27. The first-order valence-corrected chi connectivity index (χ1v) is 5.50. The fourth-order valence-electron chi connectivity index (χ4n) is 1.46. The van der Waals surface area contributed by atoms with Gasteiger partial charge in [-0.2, -0.15) is 5.26 Å². The Balaban J connectivity index is 2.59. The molecule has 96 valence electrons. The molecule has 0 aromatic carbocycles. The first-order valence-electron chi connectivity index (χ1n) is 5.50. The van der Waals surface area contributed by atoms with Gasteiger partial charge >= 0.3 is 0 Å². The molecule has 6 heteroatoms. The zero-order valence-corrected chi connectivity index (χ0v) is 10.00. The van der Waals surface area contributed by atoms with Crippen molar-refractivity contribution in [3.05, 3.63) is 29.6 Å². The Bertz CT molecular complexity index is 456. The molecule has 6 nitrogen and oxygen atoms in total. The number of carbonyl (C=O) groups excluding carboxylic acids is 1. The Morgan fingerprint density at radius 3 is 2.89 bits per heavy atom. The average molecular weight is 249 g/mol. The highest BCUT2D eigenvalue weighted by Gasteiger charge is 2.18. The third-order valence-electron chi connectivity index (χ3n) is 2.41. The maximum atomic E-state index is 10.6. The average Bonchev–Trinajstić information content (AvgIpc) is 2.37. The third-order valence-corrected chi connectivity index (χ3v) is 2.41. The highest BCUT2D eigenvalue weighted by Crippen LogP contribution is 2.18. The first kappa shape index (κ1) is 14.1. The van der Waals surface area contributed by atoms with Crippen LogP contribution in [0.3, 0.4) is 0 Å². The van der Waals surface area contributed by atoms with E-state index in [4.69, 9.17) is 5.26 Å². The number of pyridine rings is 1. The highest BCUT2D eigenvalue weighted by atomic mass is 16.3. The Morgan fingerprint density at radius 1 is 1.56 bits per heavy atom. The molecule has 0 saturated carbocycles. The quantitative estimate of drug-likeness (QED) is 0.674. The van der Waals surface area contributed by atoms with E-state index >= 15 is 0 Å². The number of nitrogens with zero attached hydrogens (tertiary/aromatic N) is 2. The largest absolute Gasteiger partial charge is 0.390 e. The van der Waals surface area contributed by atoms with Gasteiger partial charge in [0.05, 0.1) is 11.7 Å². The van der Waals surface area contributed by atoms with Gasteiger partial charge in [-0.1, -0.05) is 0 Å². The normalized spacial score (nSPS) is 13.4. The summed E-state index contributed by atoms with van der Waals surface area (Å²) in [6.07, 6.45) is 0.844. The number of carbonyl (C=O) groups is 1. The molecule has 2 atom stereocenters. The monoisotopic (exact) mass is 249 g/mol. The van der Waals surface area contributed by atoms with Crippen molar-refractivity contribution in [2.24, 2.45) is 0 Å². The standard InChI is InChI=1S/C12H15N3O3/c1-8(16)15-3-2-11(17)12(18)10-4-9(5-13)6-14-7-10/h4,6-7,11-12,17-18H,2-3H2,1H3,(H,15,16). The van der Waals surface area contributed by atoms with Gasteiger partial charge in [0.15, 0.2) is 0 Å². The van der Waals surface area contributed by atoms with E-state index in [1.165, 1.54) is 25.4 Å². The number of hydrogen-bond donors (Lipinski definition) is 3. The number of aliphatic hydroxyl groups is 2. The highest BCUT2D eigenvalue weighted by molar-refractivity contribution is 5.72. The smallest absolute Gasteiger partial charge is 0.216 e. The van der Waals surface area contributed by atoms with E-state index in [0.29, 0.717) is 11.1 Å². The molecule has 1 heterocycles. The molecule has 2 unspecified atom stereocenters. The van der Waals surface area contributed by atoms with Gasteiger partial charge in [0.1, 0.15) is 12.2 Å². The molecule has 0 saturated heterocycles. The summed E-state index contributed by atoms with van der Waals surface area (Å²) in [5.41, 5.74) is 0.699. The van der Waals surface area contributed by atoms with Crippen molar-refractivity contribution >= 4 is 5.91 Å². The molecular formula is C12H15N3O3. The van der Waals surface area contributed by atoms with Gasteiger partial charge in [0.2, 0.25) is 5.91 Å². The van der Waals surface area contributed by atoms with Crippen molar-refractivity contribution in [1.82, 2.24) is 10.3 Å². The van der Waals surface area contributed by atoms with Gasteiger partial charge in [-0.25, -0.2) is 0 Å². The van der Waals surface area contributed by atoms with Gasteiger partial charge < -0.3 is 15.5 Å². The molecule has 1 aromatic heterocycles. The number of hydrogen-bond acceptors (Lipinski definition) is 5. The Kier molecular flexibility index (Phi) is 5.24. The van der Waals surface area contributed by atoms with Crippen molar-refractivity contribution in [2.45, 2.75) is 25.6 Å². The van der Waals surface area contributed by atoms with E-state index < -0.39 is 12.2 Å². The van der Waals surface area contributed by atoms with E-state index in [-0.39, 0.29) is 18.9 Å². The number of nitrogens with one attached hydrogen (secondary N) is 1. The topological polar surface area (TPSA) is 106 Å². The fraction of sp³-hybridized carbons (Fsp3) is 0.417. The fourth-order valence-corrected chi connectivity index (χ4v) is 1.46. The van der Waals surface area contributed by atoms with Crippen LogP contribution < -0.4 is 5.32 Å². The van der Waals surface area contributed by atoms with Crippen LogP contribution in [0.4, 0.5) is 0 Å². The van der Waals surface area contributed by atoms with E-state index in [9.17, 15) is 15.0 Å². The van der Waals surface area contributed by atoms with E-state index in [1.807, 2.05) is 6.07 Å². The minimum absolute atomic E-state index is 0.190. The molecular weight excluding hydrogens is 234 g/mol. The van der Waals surface area contributed by atoms with Crippen LogP contribution in [0.15, 0.2) is 18.5 Å². The molecule has 1 amide bonds. The molecule has 0 aliphatic rings. The van der Waals surface area contributed by atoms with Crippen molar-refractivity contribution in [3.63, 3.8) is 0 Å². The third kappa shape index (κ3) is 4.13. The first-order chi connectivity index (χ1) is 8.54. The van der Waals surface area contributed by atoms with Gasteiger partial charge in [-0.15, -0.1) is 0 Å². The lowest BCUT2D eigenvalue weighted by Gasteiger charge is -2.17.